The Bertz CT molecular complexity index is 978. The molecule has 1 heterocycles. The molecule has 2 N–H and O–H groups in total. The summed E-state index contributed by atoms with van der Waals surface area (Å²) in [5.74, 6) is 2.25. The minimum atomic E-state index is -0.200. The third-order valence-corrected chi connectivity index (χ3v) is 5.66. The summed E-state index contributed by atoms with van der Waals surface area (Å²) in [4.78, 5) is 8.79. The number of hydrogen-bond donors (Lipinski definition) is 2. The van der Waals surface area contributed by atoms with Gasteiger partial charge in [-0.15, -0.1) is 24.0 Å². The number of aromatic nitrogens is 2. The van der Waals surface area contributed by atoms with Crippen molar-refractivity contribution in [2.45, 2.75) is 38.2 Å². The van der Waals surface area contributed by atoms with E-state index in [-0.39, 0.29) is 29.8 Å². The molecule has 0 saturated carbocycles. The average Bonchev–Trinajstić information content (AvgIpc) is 3.23. The molecule has 0 aliphatic carbocycles. The van der Waals surface area contributed by atoms with E-state index in [4.69, 9.17) is 0 Å². The first-order valence-corrected chi connectivity index (χ1v) is 11.8. The first kappa shape index (κ1) is 26.2. The van der Waals surface area contributed by atoms with Gasteiger partial charge in [-0.05, 0) is 47.9 Å². The molecule has 32 heavy (non-hydrogen) atoms. The lowest BCUT2D eigenvalue weighted by Gasteiger charge is -2.15. The van der Waals surface area contributed by atoms with Gasteiger partial charge in [-0.2, -0.15) is 11.8 Å². The summed E-state index contributed by atoms with van der Waals surface area (Å²) in [5, 5.41) is 6.65. The molecule has 0 spiro atoms. The monoisotopic (exact) mass is 567 g/mol. The molecule has 5 nitrogen and oxygen atoms in total. The molecule has 0 saturated heterocycles. The minimum absolute atomic E-state index is 0. The summed E-state index contributed by atoms with van der Waals surface area (Å²) in [6.07, 6.45) is 7.98. The fourth-order valence-corrected chi connectivity index (χ4v) is 4.01. The number of guanidine groups is 1. The Labute approximate surface area is 211 Å². The molecule has 0 aliphatic rings. The number of aryl methyl sites for hydroxylation is 2. The Kier molecular flexibility index (Phi) is 11.6. The van der Waals surface area contributed by atoms with E-state index in [1.807, 2.05) is 30.8 Å². The zero-order chi connectivity index (χ0) is 21.9. The summed E-state index contributed by atoms with van der Waals surface area (Å²) >= 11 is 1.68. The molecule has 1 aromatic heterocycles. The topological polar surface area (TPSA) is 54.2 Å². The van der Waals surface area contributed by atoms with Crippen molar-refractivity contribution in [1.29, 1.82) is 0 Å². The first-order chi connectivity index (χ1) is 15.2. The van der Waals surface area contributed by atoms with Gasteiger partial charge >= 0.3 is 0 Å². The number of halogens is 2. The highest BCUT2D eigenvalue weighted by molar-refractivity contribution is 14.0. The van der Waals surface area contributed by atoms with E-state index in [9.17, 15) is 4.39 Å². The first-order valence-electron chi connectivity index (χ1n) is 10.4. The van der Waals surface area contributed by atoms with Gasteiger partial charge in [0.05, 0.1) is 6.54 Å². The molecular weight excluding hydrogens is 536 g/mol. The summed E-state index contributed by atoms with van der Waals surface area (Å²) in [6, 6.07) is 15.5. The van der Waals surface area contributed by atoms with Gasteiger partial charge in [0.25, 0.3) is 0 Å². The highest BCUT2D eigenvalue weighted by Crippen LogP contribution is 2.16. The number of imidazole rings is 1. The maximum atomic E-state index is 13.6. The highest BCUT2D eigenvalue weighted by Gasteiger charge is 2.07. The van der Waals surface area contributed by atoms with E-state index in [1.165, 1.54) is 11.6 Å². The van der Waals surface area contributed by atoms with Crippen molar-refractivity contribution in [3.05, 3.63) is 89.3 Å². The number of aliphatic imine (C=N–C) groups is 1. The number of rotatable bonds is 10. The van der Waals surface area contributed by atoms with Crippen LogP contribution in [0.15, 0.2) is 65.9 Å². The SMILES string of the molecule is CN=C(NCc1ccc(F)cc1CSC)NCc1nccn1CCCc1ccccc1.I. The van der Waals surface area contributed by atoms with Crippen molar-refractivity contribution >= 4 is 41.7 Å². The smallest absolute Gasteiger partial charge is 0.191 e. The average molecular weight is 568 g/mol. The Morgan fingerprint density at radius 3 is 2.62 bits per heavy atom. The standard InChI is InChI=1S/C24H30FN5S.HI/c1-26-24(28-16-20-10-11-22(25)15-21(20)18-31-2)29-17-23-27-12-14-30(23)13-6-9-19-7-4-3-5-8-19;/h3-5,7-8,10-12,14-15H,6,9,13,16-18H2,1-2H3,(H2,26,28,29);1H. The van der Waals surface area contributed by atoms with Gasteiger partial charge in [0.15, 0.2) is 5.96 Å². The third-order valence-electron chi connectivity index (χ3n) is 5.06. The largest absolute Gasteiger partial charge is 0.352 e. The fraction of sp³-hybridized carbons (Fsp3) is 0.333. The predicted molar refractivity (Wildman–Crippen MR) is 143 cm³/mol. The van der Waals surface area contributed by atoms with Gasteiger partial charge in [-0.25, -0.2) is 9.37 Å². The van der Waals surface area contributed by atoms with Crippen LogP contribution < -0.4 is 10.6 Å². The second-order valence-electron chi connectivity index (χ2n) is 7.25. The number of benzene rings is 2. The van der Waals surface area contributed by atoms with E-state index in [1.54, 1.807) is 24.9 Å². The highest BCUT2D eigenvalue weighted by atomic mass is 127. The molecule has 0 aliphatic heterocycles. The molecule has 0 atom stereocenters. The second-order valence-corrected chi connectivity index (χ2v) is 8.12. The van der Waals surface area contributed by atoms with Crippen LogP contribution in [-0.2, 0) is 31.8 Å². The molecule has 0 unspecified atom stereocenters. The van der Waals surface area contributed by atoms with Crippen molar-refractivity contribution in [3.8, 4) is 0 Å². The van der Waals surface area contributed by atoms with Crippen LogP contribution in [0.2, 0.25) is 0 Å². The third kappa shape index (κ3) is 8.12. The number of nitrogens with one attached hydrogen (secondary N) is 2. The Morgan fingerprint density at radius 1 is 1.09 bits per heavy atom. The van der Waals surface area contributed by atoms with Crippen LogP contribution in [0.5, 0.6) is 0 Å². The molecule has 0 radical (unpaired) electrons. The van der Waals surface area contributed by atoms with Crippen molar-refractivity contribution in [2.24, 2.45) is 4.99 Å². The maximum Gasteiger partial charge on any atom is 0.191 e. The zero-order valence-electron chi connectivity index (χ0n) is 18.6. The second kappa shape index (κ2) is 14.2. The summed E-state index contributed by atoms with van der Waals surface area (Å²) in [5.41, 5.74) is 3.43. The molecule has 0 amide bonds. The van der Waals surface area contributed by atoms with Crippen LogP contribution in [0, 0.1) is 5.82 Å². The van der Waals surface area contributed by atoms with Crippen LogP contribution in [0.4, 0.5) is 4.39 Å². The minimum Gasteiger partial charge on any atom is -0.352 e. The molecule has 3 aromatic rings. The van der Waals surface area contributed by atoms with Gasteiger partial charge < -0.3 is 15.2 Å². The fourth-order valence-electron chi connectivity index (χ4n) is 3.43. The number of thioether (sulfide) groups is 1. The van der Waals surface area contributed by atoms with Crippen LogP contribution >= 0.6 is 35.7 Å². The normalized spacial score (nSPS) is 11.2. The Morgan fingerprint density at radius 2 is 1.88 bits per heavy atom. The number of nitrogens with zero attached hydrogens (tertiary/aromatic N) is 3. The van der Waals surface area contributed by atoms with Crippen molar-refractivity contribution in [1.82, 2.24) is 20.2 Å². The van der Waals surface area contributed by atoms with Crippen LogP contribution in [-0.4, -0.2) is 28.8 Å². The quantitative estimate of drug-likeness (QED) is 0.206. The van der Waals surface area contributed by atoms with Crippen molar-refractivity contribution in [3.63, 3.8) is 0 Å². The Hall–Kier alpha value is -2.07. The molecule has 3 rings (SSSR count). The lowest BCUT2D eigenvalue weighted by molar-refractivity contribution is 0.600. The van der Waals surface area contributed by atoms with E-state index >= 15 is 0 Å². The van der Waals surface area contributed by atoms with Crippen LogP contribution in [0.3, 0.4) is 0 Å². The van der Waals surface area contributed by atoms with Gasteiger partial charge in [-0.1, -0.05) is 36.4 Å². The molecular formula is C24H31FIN5S. The Balaban J connectivity index is 0.00000363. The van der Waals surface area contributed by atoms with E-state index in [0.717, 1.165) is 42.1 Å². The molecule has 2 aromatic carbocycles. The van der Waals surface area contributed by atoms with Gasteiger partial charge in [0.1, 0.15) is 11.6 Å². The molecule has 0 fully saturated rings. The molecule has 172 valence electrons. The van der Waals surface area contributed by atoms with Crippen LogP contribution in [0.1, 0.15) is 28.9 Å². The zero-order valence-corrected chi connectivity index (χ0v) is 21.7. The number of hydrogen-bond acceptors (Lipinski definition) is 3. The van der Waals surface area contributed by atoms with Crippen molar-refractivity contribution in [2.75, 3.05) is 13.3 Å². The van der Waals surface area contributed by atoms with Gasteiger partial charge in [0.2, 0.25) is 0 Å². The predicted octanol–water partition coefficient (Wildman–Crippen LogP) is 5.00. The molecule has 8 heteroatoms. The summed E-state index contributed by atoms with van der Waals surface area (Å²) in [6.45, 7) is 2.09. The van der Waals surface area contributed by atoms with E-state index in [0.29, 0.717) is 19.0 Å². The lowest BCUT2D eigenvalue weighted by atomic mass is 10.1. The van der Waals surface area contributed by atoms with E-state index < -0.39 is 0 Å². The lowest BCUT2D eigenvalue weighted by Crippen LogP contribution is -2.37. The van der Waals surface area contributed by atoms with Crippen molar-refractivity contribution < 1.29 is 4.39 Å². The van der Waals surface area contributed by atoms with E-state index in [2.05, 4.69) is 49.4 Å². The summed E-state index contributed by atoms with van der Waals surface area (Å²) in [7, 11) is 1.75. The van der Waals surface area contributed by atoms with Gasteiger partial charge in [-0.3, -0.25) is 4.99 Å². The van der Waals surface area contributed by atoms with Crippen LogP contribution in [0.25, 0.3) is 0 Å². The van der Waals surface area contributed by atoms with Gasteiger partial charge in [0, 0.05) is 38.3 Å². The maximum absolute atomic E-state index is 13.6. The summed E-state index contributed by atoms with van der Waals surface area (Å²) < 4.78 is 15.7. The molecule has 0 bridgehead atoms.